The number of rotatable bonds is 4. The number of fused-ring (bicyclic) bond motifs is 3. The van der Waals surface area contributed by atoms with Gasteiger partial charge < -0.3 is 14.9 Å². The summed E-state index contributed by atoms with van der Waals surface area (Å²) in [6, 6.07) is 6.05. The summed E-state index contributed by atoms with van der Waals surface area (Å²) in [6.07, 6.45) is 10.8. The number of imidazole rings is 1. The zero-order valence-electron chi connectivity index (χ0n) is 15.1. The Labute approximate surface area is 152 Å². The highest BCUT2D eigenvalue weighted by Crippen LogP contribution is 2.40. The van der Waals surface area contributed by atoms with Crippen LogP contribution in [0.15, 0.2) is 30.6 Å². The van der Waals surface area contributed by atoms with E-state index in [1.165, 1.54) is 29.5 Å². The predicted octanol–water partition coefficient (Wildman–Crippen LogP) is 3.66. The fraction of sp³-hybridized carbons (Fsp3) is 0.429. The van der Waals surface area contributed by atoms with Crippen molar-refractivity contribution in [2.75, 3.05) is 0 Å². The van der Waals surface area contributed by atoms with E-state index in [0.717, 1.165) is 42.6 Å². The third kappa shape index (κ3) is 2.62. The molecule has 2 aliphatic carbocycles. The molecule has 2 heterocycles. The Bertz CT molecular complexity index is 979. The number of aryl methyl sites for hydroxylation is 3. The smallest absolute Gasteiger partial charge is 0.251 e. The first-order chi connectivity index (χ1) is 12.7. The van der Waals surface area contributed by atoms with E-state index in [2.05, 4.69) is 27.4 Å². The first kappa shape index (κ1) is 15.7. The lowest BCUT2D eigenvalue weighted by atomic mass is 9.95. The van der Waals surface area contributed by atoms with Crippen molar-refractivity contribution in [2.24, 2.45) is 13.0 Å². The first-order valence-electron chi connectivity index (χ1n) is 9.62. The topological polar surface area (TPSA) is 62.7 Å². The second kappa shape index (κ2) is 6.01. The summed E-state index contributed by atoms with van der Waals surface area (Å²) < 4.78 is 2.01. The van der Waals surface area contributed by atoms with Gasteiger partial charge in [-0.2, -0.15) is 0 Å². The fourth-order valence-corrected chi connectivity index (χ4v) is 4.27. The summed E-state index contributed by atoms with van der Waals surface area (Å²) in [5, 5.41) is 4.46. The minimum Gasteiger partial charge on any atom is -0.358 e. The number of aromatic amines is 1. The summed E-state index contributed by atoms with van der Waals surface area (Å²) in [6.45, 7) is 0. The van der Waals surface area contributed by atoms with Crippen LogP contribution in [0.2, 0.25) is 0 Å². The zero-order chi connectivity index (χ0) is 17.7. The quantitative estimate of drug-likeness (QED) is 0.756. The third-order valence-corrected chi connectivity index (χ3v) is 5.88. The summed E-state index contributed by atoms with van der Waals surface area (Å²) >= 11 is 0. The van der Waals surface area contributed by atoms with Gasteiger partial charge in [-0.05, 0) is 68.2 Å². The van der Waals surface area contributed by atoms with Gasteiger partial charge in [0.25, 0.3) is 5.91 Å². The van der Waals surface area contributed by atoms with Gasteiger partial charge in [0.2, 0.25) is 0 Å². The molecule has 2 aliphatic rings. The van der Waals surface area contributed by atoms with Crippen molar-refractivity contribution in [3.63, 3.8) is 0 Å². The Balaban J connectivity index is 1.45. The molecule has 0 radical (unpaired) electrons. The maximum Gasteiger partial charge on any atom is 0.251 e. The Morgan fingerprint density at radius 3 is 2.92 bits per heavy atom. The van der Waals surface area contributed by atoms with Gasteiger partial charge in [-0.25, -0.2) is 4.98 Å². The minimum absolute atomic E-state index is 0.00154. The molecule has 0 aliphatic heterocycles. The lowest BCUT2D eigenvalue weighted by Gasteiger charge is -2.18. The van der Waals surface area contributed by atoms with E-state index in [-0.39, 0.29) is 11.9 Å². The average Bonchev–Trinajstić information content (AvgIpc) is 3.31. The number of aromatic nitrogens is 3. The van der Waals surface area contributed by atoms with Gasteiger partial charge in [0.05, 0.1) is 6.04 Å². The van der Waals surface area contributed by atoms with E-state index in [1.54, 1.807) is 6.20 Å². The molecule has 2 aromatic heterocycles. The van der Waals surface area contributed by atoms with Crippen LogP contribution in [0.4, 0.5) is 0 Å². The average molecular weight is 348 g/mol. The van der Waals surface area contributed by atoms with Crippen molar-refractivity contribution in [1.29, 1.82) is 0 Å². The molecule has 0 spiro atoms. The number of nitrogens with one attached hydrogen (secondary N) is 2. The normalized spacial score (nSPS) is 17.9. The molecule has 0 saturated heterocycles. The number of carbonyl (C=O) groups is 1. The maximum atomic E-state index is 13.0. The van der Waals surface area contributed by atoms with Gasteiger partial charge in [0.1, 0.15) is 5.82 Å². The number of hydrogen-bond acceptors (Lipinski definition) is 2. The van der Waals surface area contributed by atoms with Crippen molar-refractivity contribution in [3.05, 3.63) is 53.2 Å². The Morgan fingerprint density at radius 2 is 2.15 bits per heavy atom. The molecule has 1 unspecified atom stereocenters. The second-order valence-electron chi connectivity index (χ2n) is 7.73. The van der Waals surface area contributed by atoms with E-state index in [9.17, 15) is 4.79 Å². The molecule has 0 bridgehead atoms. The van der Waals surface area contributed by atoms with Crippen LogP contribution in [0.1, 0.15) is 59.2 Å². The highest BCUT2D eigenvalue weighted by Gasteiger charge is 2.35. The number of benzene rings is 1. The standard InChI is InChI=1S/C21H24N4O/c1-25-11-10-22-20(25)19(13-6-7-13)24-21(26)14-8-9-18-16(12-14)15-4-2-3-5-17(15)23-18/h8-13,19,23H,2-7H2,1H3,(H,24,26). The van der Waals surface area contributed by atoms with Crippen molar-refractivity contribution in [2.45, 2.75) is 44.6 Å². The Hall–Kier alpha value is -2.56. The first-order valence-corrected chi connectivity index (χ1v) is 9.62. The predicted molar refractivity (Wildman–Crippen MR) is 101 cm³/mol. The Kier molecular flexibility index (Phi) is 3.62. The van der Waals surface area contributed by atoms with E-state index in [1.807, 2.05) is 23.9 Å². The minimum atomic E-state index is -0.00226. The number of hydrogen-bond donors (Lipinski definition) is 2. The third-order valence-electron chi connectivity index (χ3n) is 5.88. The molecule has 5 heteroatoms. The van der Waals surface area contributed by atoms with Crippen molar-refractivity contribution in [3.8, 4) is 0 Å². The van der Waals surface area contributed by atoms with E-state index < -0.39 is 0 Å². The number of H-pyrrole nitrogens is 1. The van der Waals surface area contributed by atoms with Gasteiger partial charge in [0, 0.05) is 41.6 Å². The maximum absolute atomic E-state index is 13.0. The highest BCUT2D eigenvalue weighted by atomic mass is 16.1. The SMILES string of the molecule is Cn1ccnc1C(NC(=O)c1ccc2[nH]c3c(c2c1)CCCC3)C1CC1. The van der Waals surface area contributed by atoms with E-state index >= 15 is 0 Å². The van der Waals surface area contributed by atoms with Crippen LogP contribution in [-0.4, -0.2) is 20.4 Å². The number of amides is 1. The van der Waals surface area contributed by atoms with Crippen LogP contribution in [0.25, 0.3) is 10.9 Å². The van der Waals surface area contributed by atoms with Gasteiger partial charge >= 0.3 is 0 Å². The molecule has 26 heavy (non-hydrogen) atoms. The monoisotopic (exact) mass is 348 g/mol. The molecule has 1 atom stereocenters. The molecular weight excluding hydrogens is 324 g/mol. The van der Waals surface area contributed by atoms with Gasteiger partial charge in [-0.1, -0.05) is 0 Å². The lowest BCUT2D eigenvalue weighted by Crippen LogP contribution is -2.31. The molecule has 2 N–H and O–H groups in total. The fourth-order valence-electron chi connectivity index (χ4n) is 4.27. The Morgan fingerprint density at radius 1 is 1.31 bits per heavy atom. The summed E-state index contributed by atoms with van der Waals surface area (Å²) in [5.74, 6) is 1.45. The van der Waals surface area contributed by atoms with Gasteiger partial charge in [-0.15, -0.1) is 0 Å². The van der Waals surface area contributed by atoms with Crippen LogP contribution < -0.4 is 5.32 Å². The summed E-state index contributed by atoms with van der Waals surface area (Å²) in [4.78, 5) is 21.0. The van der Waals surface area contributed by atoms with Crippen LogP contribution >= 0.6 is 0 Å². The lowest BCUT2D eigenvalue weighted by molar-refractivity contribution is 0.0929. The number of carbonyl (C=O) groups excluding carboxylic acids is 1. The van der Waals surface area contributed by atoms with Crippen molar-refractivity contribution < 1.29 is 4.79 Å². The molecule has 1 fully saturated rings. The van der Waals surface area contributed by atoms with Crippen molar-refractivity contribution >= 4 is 16.8 Å². The summed E-state index contributed by atoms with van der Waals surface area (Å²) in [5.41, 5.74) is 4.65. The number of nitrogens with zero attached hydrogens (tertiary/aromatic N) is 2. The largest absolute Gasteiger partial charge is 0.358 e. The van der Waals surface area contributed by atoms with E-state index in [0.29, 0.717) is 5.92 Å². The van der Waals surface area contributed by atoms with Crippen LogP contribution in [-0.2, 0) is 19.9 Å². The van der Waals surface area contributed by atoms with Crippen LogP contribution in [0.5, 0.6) is 0 Å². The molecule has 134 valence electrons. The molecule has 3 aromatic rings. The van der Waals surface area contributed by atoms with Gasteiger partial charge in [0.15, 0.2) is 0 Å². The molecule has 1 saturated carbocycles. The van der Waals surface area contributed by atoms with Crippen LogP contribution in [0.3, 0.4) is 0 Å². The second-order valence-corrected chi connectivity index (χ2v) is 7.73. The molecule has 1 aromatic carbocycles. The van der Waals surface area contributed by atoms with Crippen LogP contribution in [0, 0.1) is 5.92 Å². The zero-order valence-corrected chi connectivity index (χ0v) is 15.1. The van der Waals surface area contributed by atoms with E-state index in [4.69, 9.17) is 0 Å². The summed E-state index contributed by atoms with van der Waals surface area (Å²) in [7, 11) is 1.99. The highest BCUT2D eigenvalue weighted by molar-refractivity contribution is 5.99. The molecular formula is C21H24N4O. The van der Waals surface area contributed by atoms with Crippen molar-refractivity contribution in [1.82, 2.24) is 19.9 Å². The molecule has 5 nitrogen and oxygen atoms in total. The molecule has 5 rings (SSSR count). The van der Waals surface area contributed by atoms with Gasteiger partial charge in [-0.3, -0.25) is 4.79 Å². The molecule has 1 amide bonds.